The molecule has 0 radical (unpaired) electrons. The Hall–Kier alpha value is -4.69. The summed E-state index contributed by atoms with van der Waals surface area (Å²) in [5.41, 5.74) is 6.64. The first-order chi connectivity index (χ1) is 20.4. The summed E-state index contributed by atoms with van der Waals surface area (Å²) in [5, 5.41) is 45.9. The minimum absolute atomic E-state index is 0.00325. The van der Waals surface area contributed by atoms with E-state index in [0.29, 0.717) is 17.5 Å². The number of benzene rings is 2. The first-order valence-electron chi connectivity index (χ1n) is 13.8. The van der Waals surface area contributed by atoms with Crippen LogP contribution in [0.3, 0.4) is 0 Å². The van der Waals surface area contributed by atoms with E-state index in [2.05, 4.69) is 16.0 Å². The largest absolute Gasteiger partial charge is 0.508 e. The lowest BCUT2D eigenvalue weighted by molar-refractivity contribution is -0.147. The number of likely N-dealkylation sites (tertiary alicyclic amines) is 1. The normalized spacial score (nSPS) is 17.3. The predicted octanol–water partition coefficient (Wildman–Crippen LogP) is -1.25. The van der Waals surface area contributed by atoms with Gasteiger partial charge in [0.1, 0.15) is 29.6 Å². The van der Waals surface area contributed by atoms with Crippen molar-refractivity contribution in [2.45, 2.75) is 62.9 Å². The molecule has 5 atom stereocenters. The number of aliphatic carboxylic acids is 1. The third-order valence-electron chi connectivity index (χ3n) is 7.09. The van der Waals surface area contributed by atoms with Gasteiger partial charge in [-0.15, -0.1) is 0 Å². The van der Waals surface area contributed by atoms with E-state index in [0.717, 1.165) is 0 Å². The van der Waals surface area contributed by atoms with Crippen LogP contribution < -0.4 is 21.7 Å². The zero-order valence-corrected chi connectivity index (χ0v) is 23.6. The van der Waals surface area contributed by atoms with Crippen LogP contribution in [0.2, 0.25) is 0 Å². The number of nitrogens with two attached hydrogens (primary N) is 1. The molecular weight excluding hydrogens is 562 g/mol. The van der Waals surface area contributed by atoms with Crippen LogP contribution in [0.25, 0.3) is 0 Å². The highest BCUT2D eigenvalue weighted by Crippen LogP contribution is 2.21. The van der Waals surface area contributed by atoms with Gasteiger partial charge in [0.2, 0.25) is 23.6 Å². The van der Waals surface area contributed by atoms with Crippen molar-refractivity contribution in [3.05, 3.63) is 59.7 Å². The molecule has 43 heavy (non-hydrogen) atoms. The summed E-state index contributed by atoms with van der Waals surface area (Å²) in [6.45, 7) is 0.994. The standard InChI is InChI=1S/C29H37N5O9/c1-16(35)25(29(42)43)33-27(40)23-3-2-12-34(23)28(41)22(14-18-6-10-20(37)11-7-18)32-26(39)21(31-24(38)15-30)13-17-4-8-19(36)9-5-17/h4-11,16,21-23,25,35-37H,2-3,12-15,30H2,1H3,(H,31,38)(H,32,39)(H,33,40)(H,42,43)/t16-,21+,22+,23+,25+/m1/s1. The Labute approximate surface area is 247 Å². The van der Waals surface area contributed by atoms with Gasteiger partial charge >= 0.3 is 5.97 Å². The third-order valence-corrected chi connectivity index (χ3v) is 7.09. The fourth-order valence-corrected chi connectivity index (χ4v) is 4.81. The van der Waals surface area contributed by atoms with Gasteiger partial charge in [0, 0.05) is 19.4 Å². The summed E-state index contributed by atoms with van der Waals surface area (Å²) in [6, 6.07) is 7.01. The Morgan fingerprint density at radius 1 is 0.884 bits per heavy atom. The van der Waals surface area contributed by atoms with Crippen molar-refractivity contribution in [2.24, 2.45) is 5.73 Å². The number of aromatic hydroxyl groups is 2. The molecule has 1 aliphatic rings. The average molecular weight is 600 g/mol. The van der Waals surface area contributed by atoms with E-state index in [4.69, 9.17) is 5.73 Å². The van der Waals surface area contributed by atoms with Crippen LogP contribution in [0, 0.1) is 0 Å². The van der Waals surface area contributed by atoms with Crippen LogP contribution in [0.15, 0.2) is 48.5 Å². The molecule has 1 fully saturated rings. The molecule has 4 amide bonds. The Morgan fingerprint density at radius 2 is 1.42 bits per heavy atom. The fraction of sp³-hybridized carbons (Fsp3) is 0.414. The molecule has 0 unspecified atom stereocenters. The lowest BCUT2D eigenvalue weighted by Gasteiger charge is -2.30. The van der Waals surface area contributed by atoms with Gasteiger partial charge in [0.05, 0.1) is 12.6 Å². The van der Waals surface area contributed by atoms with E-state index in [-0.39, 0.29) is 43.9 Å². The number of carbonyl (C=O) groups excluding carboxylic acids is 4. The summed E-state index contributed by atoms with van der Waals surface area (Å²) < 4.78 is 0. The molecule has 0 spiro atoms. The number of aliphatic hydroxyl groups is 1. The molecule has 14 heteroatoms. The predicted molar refractivity (Wildman–Crippen MR) is 153 cm³/mol. The Morgan fingerprint density at radius 3 is 1.91 bits per heavy atom. The number of nitrogens with zero attached hydrogens (tertiary/aromatic N) is 1. The van der Waals surface area contributed by atoms with Crippen molar-refractivity contribution < 1.29 is 44.4 Å². The highest BCUT2D eigenvalue weighted by molar-refractivity contribution is 5.95. The molecular formula is C29H37N5O9. The Bertz CT molecular complexity index is 1300. The first kappa shape index (κ1) is 32.8. The van der Waals surface area contributed by atoms with Crippen LogP contribution in [-0.2, 0) is 36.8 Å². The molecule has 1 heterocycles. The number of carbonyl (C=O) groups is 5. The van der Waals surface area contributed by atoms with Crippen molar-refractivity contribution in [1.82, 2.24) is 20.9 Å². The summed E-state index contributed by atoms with van der Waals surface area (Å²) >= 11 is 0. The minimum atomic E-state index is -1.58. The van der Waals surface area contributed by atoms with E-state index in [1.807, 2.05) is 0 Å². The summed E-state index contributed by atoms with van der Waals surface area (Å²) in [7, 11) is 0. The summed E-state index contributed by atoms with van der Waals surface area (Å²) in [5.74, 6) is -4.10. The SMILES string of the molecule is C[C@@H](O)[C@H](NC(=O)[C@@H]1CCCN1C(=O)[C@H](Cc1ccc(O)cc1)NC(=O)[C@H](Cc1ccc(O)cc1)NC(=O)CN)C(=O)O. The molecule has 1 aliphatic heterocycles. The maximum absolute atomic E-state index is 13.9. The number of aliphatic hydroxyl groups excluding tert-OH is 1. The molecule has 3 rings (SSSR count). The number of carboxylic acid groups (broad SMARTS) is 1. The Kier molecular flexibility index (Phi) is 11.4. The van der Waals surface area contributed by atoms with Crippen LogP contribution in [0.4, 0.5) is 0 Å². The molecule has 0 bridgehead atoms. The van der Waals surface area contributed by atoms with Gasteiger partial charge in [-0.2, -0.15) is 0 Å². The topological polar surface area (TPSA) is 232 Å². The Balaban J connectivity index is 1.87. The number of amides is 4. The van der Waals surface area contributed by atoms with Gasteiger partial charge in [-0.25, -0.2) is 4.79 Å². The second-order valence-corrected chi connectivity index (χ2v) is 10.4. The molecule has 0 saturated carbocycles. The fourth-order valence-electron chi connectivity index (χ4n) is 4.81. The summed E-state index contributed by atoms with van der Waals surface area (Å²) in [6.07, 6.45) is -0.727. The molecule has 14 nitrogen and oxygen atoms in total. The van der Waals surface area contributed by atoms with Gasteiger partial charge in [-0.05, 0) is 55.2 Å². The van der Waals surface area contributed by atoms with Crippen LogP contribution in [0.5, 0.6) is 11.5 Å². The summed E-state index contributed by atoms with van der Waals surface area (Å²) in [4.78, 5) is 65.4. The minimum Gasteiger partial charge on any atom is -0.508 e. The van der Waals surface area contributed by atoms with E-state index in [9.17, 15) is 44.4 Å². The highest BCUT2D eigenvalue weighted by atomic mass is 16.4. The number of rotatable bonds is 13. The van der Waals surface area contributed by atoms with Gasteiger partial charge < -0.3 is 47.0 Å². The van der Waals surface area contributed by atoms with E-state index in [1.54, 1.807) is 24.3 Å². The van der Waals surface area contributed by atoms with Gasteiger partial charge in [-0.1, -0.05) is 24.3 Å². The van der Waals surface area contributed by atoms with Crippen LogP contribution in [0.1, 0.15) is 30.9 Å². The molecule has 2 aromatic rings. The number of phenols is 2. The third kappa shape index (κ3) is 9.15. The zero-order valence-electron chi connectivity index (χ0n) is 23.6. The zero-order chi connectivity index (χ0) is 31.7. The van der Waals surface area contributed by atoms with Gasteiger partial charge in [0.15, 0.2) is 6.04 Å². The van der Waals surface area contributed by atoms with Crippen molar-refractivity contribution >= 4 is 29.6 Å². The van der Waals surface area contributed by atoms with Crippen molar-refractivity contribution in [1.29, 1.82) is 0 Å². The van der Waals surface area contributed by atoms with Crippen molar-refractivity contribution in [2.75, 3.05) is 13.1 Å². The van der Waals surface area contributed by atoms with Gasteiger partial charge in [0.25, 0.3) is 0 Å². The van der Waals surface area contributed by atoms with Crippen LogP contribution in [-0.4, -0.2) is 98.3 Å². The lowest BCUT2D eigenvalue weighted by Crippen LogP contribution is -2.59. The molecule has 1 saturated heterocycles. The number of carboxylic acids is 1. The number of nitrogens with one attached hydrogen (secondary N) is 3. The molecule has 9 N–H and O–H groups in total. The molecule has 2 aromatic carbocycles. The molecule has 0 aliphatic carbocycles. The highest BCUT2D eigenvalue weighted by Gasteiger charge is 2.40. The van der Waals surface area contributed by atoms with E-state index < -0.39 is 59.9 Å². The number of hydrogen-bond donors (Lipinski definition) is 8. The average Bonchev–Trinajstić information content (AvgIpc) is 3.46. The monoisotopic (exact) mass is 599 g/mol. The second kappa shape index (κ2) is 15.0. The van der Waals surface area contributed by atoms with E-state index in [1.165, 1.54) is 36.1 Å². The smallest absolute Gasteiger partial charge is 0.328 e. The molecule has 0 aromatic heterocycles. The lowest BCUT2D eigenvalue weighted by atomic mass is 10.0. The maximum Gasteiger partial charge on any atom is 0.328 e. The van der Waals surface area contributed by atoms with Crippen molar-refractivity contribution in [3.63, 3.8) is 0 Å². The van der Waals surface area contributed by atoms with E-state index >= 15 is 0 Å². The first-order valence-corrected chi connectivity index (χ1v) is 13.8. The number of hydrogen-bond acceptors (Lipinski definition) is 9. The maximum atomic E-state index is 13.9. The van der Waals surface area contributed by atoms with Gasteiger partial charge in [-0.3, -0.25) is 19.2 Å². The quantitative estimate of drug-likeness (QED) is 0.136. The van der Waals surface area contributed by atoms with Crippen LogP contribution >= 0.6 is 0 Å². The molecule has 232 valence electrons. The van der Waals surface area contributed by atoms with Crippen molar-refractivity contribution in [3.8, 4) is 11.5 Å². The number of phenolic OH excluding ortho intramolecular Hbond substituents is 2. The second-order valence-electron chi connectivity index (χ2n) is 10.4.